The van der Waals surface area contributed by atoms with Gasteiger partial charge in [0.05, 0.1) is 9.79 Å². The lowest BCUT2D eigenvalue weighted by molar-refractivity contribution is -0.372. The molecule has 5 rings (SSSR count). The van der Waals surface area contributed by atoms with Crippen LogP contribution in [0.15, 0.2) is 58.3 Å². The van der Waals surface area contributed by atoms with Gasteiger partial charge in [-0.05, 0) is 38.1 Å². The van der Waals surface area contributed by atoms with E-state index < -0.39 is 186 Å². The van der Waals surface area contributed by atoms with Crippen molar-refractivity contribution in [3.63, 3.8) is 0 Å². The molecule has 31 heteroatoms. The summed E-state index contributed by atoms with van der Waals surface area (Å²) in [6.45, 7) is 9.49. The fraction of sp³-hybridized carbons (Fsp3) is 0.580. The number of rotatable bonds is 22. The largest absolute Gasteiger partial charge is 0.463 e. The lowest BCUT2D eigenvalue weighted by Crippen LogP contribution is -2.71. The fourth-order valence-electron chi connectivity index (χ4n) is 8.64. The molecule has 3 fully saturated rings. The van der Waals surface area contributed by atoms with E-state index in [0.717, 1.165) is 62.3 Å². The summed E-state index contributed by atoms with van der Waals surface area (Å²) in [6.07, 6.45) is -27.2. The summed E-state index contributed by atoms with van der Waals surface area (Å²) in [5, 5.41) is 0. The Kier molecular flexibility index (Phi) is 22.8. The van der Waals surface area contributed by atoms with Gasteiger partial charge in [-0.3, -0.25) is 43.2 Å². The number of aryl methyl sites for hydroxylation is 2. The Bertz CT molecular complexity index is 2850. The van der Waals surface area contributed by atoms with E-state index in [-0.39, 0.29) is 9.79 Å². The highest BCUT2D eigenvalue weighted by molar-refractivity contribution is 7.90. The van der Waals surface area contributed by atoms with Gasteiger partial charge in [0.2, 0.25) is 20.0 Å². The van der Waals surface area contributed by atoms with E-state index in [1.807, 2.05) is 0 Å². The molecule has 2 N–H and O–H groups in total. The summed E-state index contributed by atoms with van der Waals surface area (Å²) in [5.41, 5.74) is 1.32. The first-order valence-electron chi connectivity index (χ1n) is 24.7. The van der Waals surface area contributed by atoms with Gasteiger partial charge in [0, 0.05) is 62.3 Å². The molecule has 3 aliphatic heterocycles. The van der Waals surface area contributed by atoms with Gasteiger partial charge in [-0.25, -0.2) is 21.6 Å². The number of carbonyl (C=O) groups is 9. The Morgan fingerprint density at radius 2 is 0.679 bits per heavy atom. The highest BCUT2D eigenvalue weighted by Gasteiger charge is 2.60. The molecule has 448 valence electrons. The first-order chi connectivity index (χ1) is 37.8. The van der Waals surface area contributed by atoms with E-state index in [1.165, 1.54) is 48.5 Å². The van der Waals surface area contributed by atoms with Crippen molar-refractivity contribution in [2.24, 2.45) is 0 Å². The SMILES string of the molecule is CC(=O)OC[C@H]1O[C@H](O[C@H]2[C@H](OC(C)=O)[C@@H](OC(C)=O)[C@@H](O[C@H]3[C@H](OC(C)=O)[C@@H](NS(=O)(=O)c4ccc(C)cc4)[C@H](NS(=O)(=O)c4ccc(C)cc4)O[C@@H]3COC(C)=O)O[C@@H]2COC(C)=O)[C@H](OC(C)=O)[C@@H](OC(C)=O)[C@@H]1OC(C)=O. The maximum atomic E-state index is 14.4. The molecule has 0 spiro atoms. The second kappa shape index (κ2) is 28.3. The molecule has 3 aliphatic rings. The van der Waals surface area contributed by atoms with Crippen LogP contribution in [0.5, 0.6) is 0 Å². The van der Waals surface area contributed by atoms with Gasteiger partial charge in [-0.15, -0.1) is 0 Å². The van der Waals surface area contributed by atoms with E-state index in [2.05, 4.69) is 9.44 Å². The topological polar surface area (TPSA) is 375 Å². The third-order valence-electron chi connectivity index (χ3n) is 11.8. The summed E-state index contributed by atoms with van der Waals surface area (Å²) in [5.74, 6) is -9.19. The van der Waals surface area contributed by atoms with Crippen molar-refractivity contribution in [1.29, 1.82) is 0 Å². The normalized spacial score (nSPS) is 28.4. The van der Waals surface area contributed by atoms with Crippen LogP contribution < -0.4 is 9.44 Å². The minimum absolute atomic E-state index is 0.327. The Hall–Kier alpha value is -6.71. The van der Waals surface area contributed by atoms with Gasteiger partial charge in [0.15, 0.2) is 49.2 Å². The molecular weight excluding hydrogens is 1120 g/mol. The first kappa shape index (κ1) is 65.1. The van der Waals surface area contributed by atoms with Crippen LogP contribution >= 0.6 is 0 Å². The van der Waals surface area contributed by atoms with E-state index >= 15 is 0 Å². The third kappa shape index (κ3) is 18.4. The lowest BCUT2D eigenvalue weighted by Gasteiger charge is -2.50. The predicted molar refractivity (Wildman–Crippen MR) is 266 cm³/mol. The van der Waals surface area contributed by atoms with Crippen LogP contribution in [-0.4, -0.2) is 182 Å². The Morgan fingerprint density at radius 3 is 1.05 bits per heavy atom. The van der Waals surface area contributed by atoms with Gasteiger partial charge in [0.1, 0.15) is 62.6 Å². The number of benzene rings is 2. The average Bonchev–Trinajstić information content (AvgIpc) is 3.56. The zero-order valence-electron chi connectivity index (χ0n) is 45.7. The van der Waals surface area contributed by atoms with Crippen molar-refractivity contribution in [2.45, 2.75) is 178 Å². The first-order valence-corrected chi connectivity index (χ1v) is 27.7. The van der Waals surface area contributed by atoms with Gasteiger partial charge in [0.25, 0.3) is 0 Å². The summed E-state index contributed by atoms with van der Waals surface area (Å²) >= 11 is 0. The van der Waals surface area contributed by atoms with E-state index in [1.54, 1.807) is 13.8 Å². The molecule has 3 heterocycles. The van der Waals surface area contributed by atoms with E-state index in [0.29, 0.717) is 11.1 Å². The molecule has 15 atom stereocenters. The number of carbonyl (C=O) groups excluding carboxylic acids is 9. The minimum Gasteiger partial charge on any atom is -0.463 e. The molecule has 0 aliphatic carbocycles. The standard InChI is InChI=1S/C50H64N2O27S2/c1-23-12-16-34(17-13-23)80(62,63)51-39-43(70-29(7)57)40(36(20-66-25(3)53)75-48(39)52-81(64,65)35-18-14-24(2)15-19-35)78-49-47(74-33(11)61)45(72-31(9)59)42(38(77-49)22-68-27(5)55)79-50-46(73-32(10)60)44(71-30(8)58)41(69-28(6)56)37(76-50)21-67-26(4)54/h12-19,36-52H,20-22H2,1-11H3/t36-,37-,38-,39-,40-,41-,42-,43-,44+,45+,46-,47-,48-,49-,50-/m1/s1. The number of hydrogen-bond donors (Lipinski definition) is 2. The quantitative estimate of drug-likeness (QED) is 0.117. The number of nitrogens with one attached hydrogen (secondary N) is 2. The molecule has 0 radical (unpaired) electrons. The summed E-state index contributed by atoms with van der Waals surface area (Å²) in [7, 11) is -9.48. The van der Waals surface area contributed by atoms with Crippen molar-refractivity contribution < 1.29 is 126 Å². The van der Waals surface area contributed by atoms with Gasteiger partial charge in [-0.1, -0.05) is 35.4 Å². The monoisotopic (exact) mass is 1190 g/mol. The van der Waals surface area contributed by atoms with Crippen LogP contribution in [0, 0.1) is 13.8 Å². The summed E-state index contributed by atoms with van der Waals surface area (Å²) in [6, 6.07) is 8.76. The smallest absolute Gasteiger partial charge is 0.303 e. The number of esters is 9. The minimum atomic E-state index is -4.78. The molecule has 0 aromatic heterocycles. The molecule has 29 nitrogen and oxygen atoms in total. The van der Waals surface area contributed by atoms with Crippen LogP contribution in [0.2, 0.25) is 0 Å². The number of sulfonamides is 2. The third-order valence-corrected chi connectivity index (χ3v) is 14.8. The van der Waals surface area contributed by atoms with Crippen LogP contribution in [-0.2, 0) is 130 Å². The molecular formula is C50H64N2O27S2. The van der Waals surface area contributed by atoms with Gasteiger partial charge >= 0.3 is 53.7 Å². The fourth-order valence-corrected chi connectivity index (χ4v) is 11.0. The van der Waals surface area contributed by atoms with Crippen LogP contribution in [0.3, 0.4) is 0 Å². The van der Waals surface area contributed by atoms with Crippen molar-refractivity contribution >= 4 is 73.8 Å². The predicted octanol–water partition coefficient (Wildman–Crippen LogP) is 0.153. The Morgan fingerprint density at radius 1 is 0.383 bits per heavy atom. The summed E-state index contributed by atoms with van der Waals surface area (Å²) in [4.78, 5) is 114. The molecule has 0 amide bonds. The molecule has 0 saturated carbocycles. The van der Waals surface area contributed by atoms with E-state index in [9.17, 15) is 60.0 Å². The summed E-state index contributed by atoms with van der Waals surface area (Å²) < 4.78 is 143. The van der Waals surface area contributed by atoms with Gasteiger partial charge < -0.3 is 66.3 Å². The molecule has 2 aromatic carbocycles. The number of ether oxygens (including phenoxy) is 14. The van der Waals surface area contributed by atoms with Crippen molar-refractivity contribution in [2.75, 3.05) is 19.8 Å². The average molecular weight is 1190 g/mol. The number of hydrogen-bond acceptors (Lipinski definition) is 27. The van der Waals surface area contributed by atoms with Crippen molar-refractivity contribution in [1.82, 2.24) is 9.44 Å². The van der Waals surface area contributed by atoms with Crippen LogP contribution in [0.4, 0.5) is 0 Å². The molecule has 0 bridgehead atoms. The maximum Gasteiger partial charge on any atom is 0.303 e. The zero-order chi connectivity index (χ0) is 60.3. The second-order valence-electron chi connectivity index (χ2n) is 18.6. The highest BCUT2D eigenvalue weighted by Crippen LogP contribution is 2.38. The van der Waals surface area contributed by atoms with Crippen molar-refractivity contribution in [3.8, 4) is 0 Å². The van der Waals surface area contributed by atoms with Crippen molar-refractivity contribution in [3.05, 3.63) is 59.7 Å². The van der Waals surface area contributed by atoms with Crippen LogP contribution in [0.1, 0.15) is 73.4 Å². The Labute approximate surface area is 465 Å². The van der Waals surface area contributed by atoms with E-state index in [4.69, 9.17) is 66.3 Å². The van der Waals surface area contributed by atoms with Gasteiger partial charge in [-0.2, -0.15) is 4.72 Å². The molecule has 3 saturated heterocycles. The van der Waals surface area contributed by atoms with Crippen LogP contribution in [0.25, 0.3) is 0 Å². The second-order valence-corrected chi connectivity index (χ2v) is 22.1. The Balaban J connectivity index is 1.72. The zero-order valence-corrected chi connectivity index (χ0v) is 47.4. The highest BCUT2D eigenvalue weighted by atomic mass is 32.2. The molecule has 0 unspecified atom stereocenters. The lowest BCUT2D eigenvalue weighted by atomic mass is 9.94. The molecule has 81 heavy (non-hydrogen) atoms. The molecule has 2 aromatic rings. The maximum absolute atomic E-state index is 14.4.